The summed E-state index contributed by atoms with van der Waals surface area (Å²) in [5.41, 5.74) is -0.946. The number of hydroxylamine groups is 2. The van der Waals surface area contributed by atoms with Crippen LogP contribution in [0.4, 0.5) is 13.2 Å². The van der Waals surface area contributed by atoms with Gasteiger partial charge in [0.25, 0.3) is 0 Å². The highest BCUT2D eigenvalue weighted by molar-refractivity contribution is 7.86. The fourth-order valence-electron chi connectivity index (χ4n) is 4.64. The van der Waals surface area contributed by atoms with Crippen molar-refractivity contribution in [2.24, 2.45) is 5.92 Å². The molecule has 2 rings (SSSR count). The Labute approximate surface area is 195 Å². The van der Waals surface area contributed by atoms with Crippen molar-refractivity contribution in [1.82, 2.24) is 4.90 Å². The summed E-state index contributed by atoms with van der Waals surface area (Å²) in [7, 11) is -3.26. The van der Waals surface area contributed by atoms with Crippen LogP contribution in [0.25, 0.3) is 0 Å². The van der Waals surface area contributed by atoms with E-state index >= 15 is 0 Å². The van der Waals surface area contributed by atoms with Gasteiger partial charge in [-0.05, 0) is 62.5 Å². The quantitative estimate of drug-likeness (QED) is 0.257. The lowest BCUT2D eigenvalue weighted by Gasteiger charge is -2.45. The summed E-state index contributed by atoms with van der Waals surface area (Å²) in [5, 5.41) is 22.2. The molecule has 10 heteroatoms. The lowest BCUT2D eigenvalue weighted by atomic mass is 9.83. The van der Waals surface area contributed by atoms with Gasteiger partial charge in [-0.1, -0.05) is 26.2 Å². The van der Waals surface area contributed by atoms with E-state index in [1.54, 1.807) is 0 Å². The molecule has 0 aliphatic heterocycles. The van der Waals surface area contributed by atoms with Crippen LogP contribution in [0.2, 0.25) is 0 Å². The van der Waals surface area contributed by atoms with Gasteiger partial charge in [0.2, 0.25) is 0 Å². The summed E-state index contributed by atoms with van der Waals surface area (Å²) in [4.78, 5) is 1.84. The number of quaternary nitrogens is 1. The van der Waals surface area contributed by atoms with Crippen LogP contribution in [0.3, 0.4) is 0 Å². The van der Waals surface area contributed by atoms with Crippen LogP contribution in [-0.4, -0.2) is 61.8 Å². The second-order valence-corrected chi connectivity index (χ2v) is 11.2. The van der Waals surface area contributed by atoms with Crippen LogP contribution in [0.5, 0.6) is 0 Å². The van der Waals surface area contributed by atoms with Gasteiger partial charge < -0.3 is 15.2 Å². The number of alkyl halides is 3. The third-order valence-corrected chi connectivity index (χ3v) is 9.01. The third-order valence-electron chi connectivity index (χ3n) is 6.89. The second kappa shape index (κ2) is 12.0. The molecule has 0 bridgehead atoms. The lowest BCUT2D eigenvalue weighted by Crippen LogP contribution is -2.52. The van der Waals surface area contributed by atoms with Gasteiger partial charge in [-0.25, -0.2) is 0 Å². The van der Waals surface area contributed by atoms with E-state index in [2.05, 4.69) is 11.8 Å². The van der Waals surface area contributed by atoms with Gasteiger partial charge in [-0.3, -0.25) is 4.05 Å². The minimum Gasteiger partial charge on any atom is -0.616 e. The molecule has 0 aromatic heterocycles. The Morgan fingerprint density at radius 3 is 2.18 bits per heavy atom. The predicted octanol–water partition coefficient (Wildman–Crippen LogP) is 4.77. The fraction of sp³-hybridized carbons (Fsp3) is 0.739. The van der Waals surface area contributed by atoms with Crippen LogP contribution in [0.1, 0.15) is 63.9 Å². The van der Waals surface area contributed by atoms with Crippen LogP contribution >= 0.6 is 0 Å². The summed E-state index contributed by atoms with van der Waals surface area (Å²) in [6.45, 7) is 4.84. The topological polar surface area (TPSA) is 80.7 Å². The van der Waals surface area contributed by atoms with Crippen LogP contribution in [-0.2, 0) is 16.2 Å². The van der Waals surface area contributed by atoms with Gasteiger partial charge in [-0.2, -0.15) is 21.6 Å². The SMILES string of the molecule is CCN(CCO)CCCCCC1CCC([N+](C)([O-])S(=O)(=O)c2ccc(C(F)(F)F)cc2)CC1. The Kier molecular flexibility index (Phi) is 10.2. The molecule has 190 valence electrons. The molecule has 1 aromatic rings. The highest BCUT2D eigenvalue weighted by Gasteiger charge is 2.41. The first-order valence-electron chi connectivity index (χ1n) is 11.8. The molecule has 0 radical (unpaired) electrons. The highest BCUT2D eigenvalue weighted by Crippen LogP contribution is 2.37. The van der Waals surface area contributed by atoms with Gasteiger partial charge in [0, 0.05) is 19.4 Å². The van der Waals surface area contributed by atoms with E-state index in [0.717, 1.165) is 70.8 Å². The number of sulfonamides is 1. The molecular formula is C23H37F3N2O4S. The number of aliphatic hydroxyl groups is 1. The van der Waals surface area contributed by atoms with E-state index in [1.807, 2.05) is 0 Å². The number of nitrogens with zero attached hydrogens (tertiary/aromatic N) is 2. The van der Waals surface area contributed by atoms with E-state index in [9.17, 15) is 26.8 Å². The number of unbranched alkanes of at least 4 members (excludes halogenated alkanes) is 2. The van der Waals surface area contributed by atoms with Crippen LogP contribution in [0, 0.1) is 11.1 Å². The van der Waals surface area contributed by atoms with Gasteiger partial charge in [-0.15, -0.1) is 0 Å². The maximum atomic E-state index is 13.2. The normalized spacial score (nSPS) is 21.8. The maximum Gasteiger partial charge on any atom is 0.416 e. The number of rotatable bonds is 12. The van der Waals surface area contributed by atoms with E-state index in [1.165, 1.54) is 0 Å². The predicted molar refractivity (Wildman–Crippen MR) is 122 cm³/mol. The van der Waals surface area contributed by atoms with Crippen molar-refractivity contribution in [1.29, 1.82) is 0 Å². The zero-order valence-electron chi connectivity index (χ0n) is 19.6. The summed E-state index contributed by atoms with van der Waals surface area (Å²) in [6.07, 6.45) is 2.29. The van der Waals surface area contributed by atoms with Crippen molar-refractivity contribution in [3.8, 4) is 0 Å². The molecule has 6 nitrogen and oxygen atoms in total. The summed E-state index contributed by atoms with van der Waals surface area (Å²) >= 11 is 0. The Bertz CT molecular complexity index is 821. The van der Waals surface area contributed by atoms with E-state index in [4.69, 9.17) is 5.11 Å². The van der Waals surface area contributed by atoms with Gasteiger partial charge in [0.15, 0.2) is 0 Å². The average molecular weight is 495 g/mol. The number of hydrogen-bond acceptors (Lipinski definition) is 5. The molecule has 33 heavy (non-hydrogen) atoms. The molecule has 1 N–H and O–H groups in total. The standard InChI is InChI=1S/C23H37F3N2O4S/c1-3-27(17-18-29)16-6-4-5-7-19-8-12-21(13-9-19)28(2,30)33(31,32)22-14-10-20(11-15-22)23(24,25)26/h10-11,14-15,19,21,29H,3-9,12-13,16-18H2,1-2H3. The fourth-order valence-corrected chi connectivity index (χ4v) is 6.14. The third kappa shape index (κ3) is 7.39. The highest BCUT2D eigenvalue weighted by atomic mass is 32.2. The van der Waals surface area contributed by atoms with Crippen molar-refractivity contribution in [3.63, 3.8) is 0 Å². The van der Waals surface area contributed by atoms with Gasteiger partial charge >= 0.3 is 16.2 Å². The number of benzene rings is 1. The summed E-state index contributed by atoms with van der Waals surface area (Å²) in [5.74, 6) is 0.467. The summed E-state index contributed by atoms with van der Waals surface area (Å²) in [6, 6.07) is 2.53. The molecule has 0 amide bonds. The first-order valence-corrected chi connectivity index (χ1v) is 13.2. The van der Waals surface area contributed by atoms with Gasteiger partial charge in [0.05, 0.1) is 19.2 Å². The average Bonchev–Trinajstić information content (AvgIpc) is 2.77. The minimum absolute atomic E-state index is 0.169. The van der Waals surface area contributed by atoms with Crippen molar-refractivity contribution < 1.29 is 30.7 Å². The molecule has 1 aromatic carbocycles. The van der Waals surface area contributed by atoms with Crippen molar-refractivity contribution in [3.05, 3.63) is 35.0 Å². The van der Waals surface area contributed by atoms with Crippen molar-refractivity contribution >= 4 is 10.0 Å². The molecule has 0 spiro atoms. The van der Waals surface area contributed by atoms with Crippen LogP contribution in [0.15, 0.2) is 29.2 Å². The molecule has 1 aliphatic rings. The molecule has 0 heterocycles. The molecule has 1 fully saturated rings. The number of halogens is 3. The Balaban J connectivity index is 1.85. The molecule has 1 aliphatic carbocycles. The first kappa shape index (κ1) is 28.0. The zero-order valence-corrected chi connectivity index (χ0v) is 20.4. The Morgan fingerprint density at radius 2 is 1.67 bits per heavy atom. The van der Waals surface area contributed by atoms with Gasteiger partial charge in [0.1, 0.15) is 10.9 Å². The van der Waals surface area contributed by atoms with Crippen molar-refractivity contribution in [2.45, 2.75) is 75.4 Å². The molecule has 1 saturated carbocycles. The maximum absolute atomic E-state index is 13.2. The number of aliphatic hydroxyl groups excluding tert-OH is 1. The Morgan fingerprint density at radius 1 is 1.06 bits per heavy atom. The minimum atomic E-state index is -4.56. The zero-order chi connectivity index (χ0) is 24.7. The van der Waals surface area contributed by atoms with E-state index in [0.29, 0.717) is 37.4 Å². The molecule has 1 atom stereocenters. The first-order chi connectivity index (χ1) is 15.4. The largest absolute Gasteiger partial charge is 0.616 e. The molecule has 1 unspecified atom stereocenters. The second-order valence-electron chi connectivity index (χ2n) is 9.09. The lowest BCUT2D eigenvalue weighted by molar-refractivity contribution is -0.762. The van der Waals surface area contributed by atoms with E-state index < -0.39 is 31.9 Å². The number of likely N-dealkylation sites (N-methyl/N-ethyl adjacent to an activating group) is 1. The molecule has 0 saturated heterocycles. The van der Waals surface area contributed by atoms with Crippen molar-refractivity contribution in [2.75, 3.05) is 33.3 Å². The van der Waals surface area contributed by atoms with E-state index in [-0.39, 0.29) is 11.5 Å². The smallest absolute Gasteiger partial charge is 0.416 e. The van der Waals surface area contributed by atoms with Crippen LogP contribution < -0.4 is 0 Å². The monoisotopic (exact) mass is 494 g/mol. The summed E-state index contributed by atoms with van der Waals surface area (Å²) < 4.78 is 62.7. The Hall–Kier alpha value is -1.20. The molecular weight excluding hydrogens is 457 g/mol. The number of hydrogen-bond donors (Lipinski definition) is 1.